The number of hydrogen-bond donors (Lipinski definition) is 2. The molecule has 2 amide bonds. The van der Waals surface area contributed by atoms with Gasteiger partial charge in [0.15, 0.2) is 0 Å². The van der Waals surface area contributed by atoms with E-state index < -0.39 is 6.04 Å². The fourth-order valence-corrected chi connectivity index (χ4v) is 2.58. The van der Waals surface area contributed by atoms with Gasteiger partial charge in [-0.2, -0.15) is 0 Å². The van der Waals surface area contributed by atoms with Crippen LogP contribution in [0.3, 0.4) is 0 Å². The quantitative estimate of drug-likeness (QED) is 0.850. The molecule has 5 nitrogen and oxygen atoms in total. The Kier molecular flexibility index (Phi) is 6.28. The van der Waals surface area contributed by atoms with E-state index in [4.69, 9.17) is 0 Å². The van der Waals surface area contributed by atoms with E-state index in [1.165, 1.54) is 0 Å². The molecule has 2 aromatic rings. The lowest BCUT2D eigenvalue weighted by Crippen LogP contribution is -2.50. The van der Waals surface area contributed by atoms with E-state index in [9.17, 15) is 9.59 Å². The molecule has 0 aliphatic heterocycles. The number of carbonyl (C=O) groups excluding carboxylic acids is 2. The number of aromatic nitrogens is 1. The lowest BCUT2D eigenvalue weighted by molar-refractivity contribution is -0.124. The molecule has 0 radical (unpaired) electrons. The first kappa shape index (κ1) is 18.6. The van der Waals surface area contributed by atoms with Gasteiger partial charge >= 0.3 is 0 Å². The number of rotatable bonds is 6. The summed E-state index contributed by atoms with van der Waals surface area (Å²) in [5.74, 6) is -0.465. The predicted molar refractivity (Wildman–Crippen MR) is 98.1 cm³/mol. The molecule has 132 valence electrons. The summed E-state index contributed by atoms with van der Waals surface area (Å²) in [7, 11) is 0. The lowest BCUT2D eigenvalue weighted by Gasteiger charge is -2.24. The molecule has 1 aromatic heterocycles. The zero-order valence-corrected chi connectivity index (χ0v) is 15.1. The van der Waals surface area contributed by atoms with Crippen LogP contribution in [0.1, 0.15) is 48.3 Å². The lowest BCUT2D eigenvalue weighted by atomic mass is 10.0. The molecular formula is C20H25N3O2. The van der Waals surface area contributed by atoms with Crippen molar-refractivity contribution in [1.29, 1.82) is 0 Å². The fraction of sp³-hybridized carbons (Fsp3) is 0.350. The summed E-state index contributed by atoms with van der Waals surface area (Å²) in [6, 6.07) is 10.3. The van der Waals surface area contributed by atoms with Gasteiger partial charge in [-0.3, -0.25) is 14.6 Å². The number of carbonyl (C=O) groups is 2. The molecular weight excluding hydrogens is 314 g/mol. The van der Waals surface area contributed by atoms with Crippen LogP contribution in [0.15, 0.2) is 48.8 Å². The number of pyridine rings is 1. The number of hydrogen-bond acceptors (Lipinski definition) is 3. The highest BCUT2D eigenvalue weighted by atomic mass is 16.2. The summed E-state index contributed by atoms with van der Waals surface area (Å²) < 4.78 is 0. The Bertz CT molecular complexity index is 729. The molecule has 1 aromatic carbocycles. The van der Waals surface area contributed by atoms with Crippen molar-refractivity contribution in [3.63, 3.8) is 0 Å². The molecule has 2 unspecified atom stereocenters. The third-order valence-electron chi connectivity index (χ3n) is 4.08. The van der Waals surface area contributed by atoms with Crippen LogP contribution in [-0.4, -0.2) is 22.8 Å². The van der Waals surface area contributed by atoms with E-state index in [1.54, 1.807) is 18.5 Å². The molecule has 0 spiro atoms. The summed E-state index contributed by atoms with van der Waals surface area (Å²) in [4.78, 5) is 29.1. The van der Waals surface area contributed by atoms with Crippen LogP contribution >= 0.6 is 0 Å². The smallest absolute Gasteiger partial charge is 0.251 e. The molecule has 0 saturated carbocycles. The first-order valence-electron chi connectivity index (χ1n) is 8.46. The standard InChI is InChI=1S/C20H25N3O2/c1-13(2)18(23-19(24)17-7-5-6-14(3)12-17)20(25)22-15(4)16-8-10-21-11-9-16/h5-13,15,18H,1-4H3,(H,22,25)(H,23,24). The van der Waals surface area contributed by atoms with Crippen LogP contribution in [-0.2, 0) is 4.79 Å². The summed E-state index contributed by atoms with van der Waals surface area (Å²) in [6.45, 7) is 7.67. The van der Waals surface area contributed by atoms with Crippen LogP contribution in [0.25, 0.3) is 0 Å². The van der Waals surface area contributed by atoms with Gasteiger partial charge in [0.2, 0.25) is 5.91 Å². The normalized spacial score (nSPS) is 13.2. The van der Waals surface area contributed by atoms with E-state index in [0.717, 1.165) is 11.1 Å². The maximum atomic E-state index is 12.7. The predicted octanol–water partition coefficient (Wildman–Crippen LogP) is 3.02. The average Bonchev–Trinajstić information content (AvgIpc) is 2.59. The molecule has 0 aliphatic carbocycles. The topological polar surface area (TPSA) is 71.1 Å². The van der Waals surface area contributed by atoms with Gasteiger partial charge in [0.25, 0.3) is 5.91 Å². The van der Waals surface area contributed by atoms with Crippen LogP contribution in [0.4, 0.5) is 0 Å². The van der Waals surface area contributed by atoms with Crippen molar-refractivity contribution < 1.29 is 9.59 Å². The van der Waals surface area contributed by atoms with Crippen LogP contribution in [0.5, 0.6) is 0 Å². The Morgan fingerprint density at radius 1 is 1.00 bits per heavy atom. The third kappa shape index (κ3) is 5.14. The zero-order chi connectivity index (χ0) is 18.4. The van der Waals surface area contributed by atoms with E-state index in [-0.39, 0.29) is 23.8 Å². The largest absolute Gasteiger partial charge is 0.348 e. The van der Waals surface area contributed by atoms with E-state index in [1.807, 2.05) is 58.0 Å². The van der Waals surface area contributed by atoms with Gasteiger partial charge in [0, 0.05) is 18.0 Å². The molecule has 0 aliphatic rings. The van der Waals surface area contributed by atoms with Crippen LogP contribution in [0, 0.1) is 12.8 Å². The molecule has 5 heteroatoms. The monoisotopic (exact) mass is 339 g/mol. The van der Waals surface area contributed by atoms with E-state index in [2.05, 4.69) is 15.6 Å². The van der Waals surface area contributed by atoms with Crippen molar-refractivity contribution in [3.8, 4) is 0 Å². The van der Waals surface area contributed by atoms with E-state index in [0.29, 0.717) is 5.56 Å². The van der Waals surface area contributed by atoms with Crippen molar-refractivity contribution in [2.45, 2.75) is 39.8 Å². The number of nitrogens with one attached hydrogen (secondary N) is 2. The third-order valence-corrected chi connectivity index (χ3v) is 4.08. The number of aryl methyl sites for hydroxylation is 1. The van der Waals surface area contributed by atoms with Gasteiger partial charge in [-0.25, -0.2) is 0 Å². The second kappa shape index (κ2) is 8.42. The van der Waals surface area contributed by atoms with Crippen molar-refractivity contribution in [2.24, 2.45) is 5.92 Å². The highest BCUT2D eigenvalue weighted by Crippen LogP contribution is 2.12. The highest BCUT2D eigenvalue weighted by Gasteiger charge is 2.26. The molecule has 0 saturated heterocycles. The Balaban J connectivity index is 2.06. The maximum Gasteiger partial charge on any atom is 0.251 e. The highest BCUT2D eigenvalue weighted by molar-refractivity contribution is 5.97. The minimum atomic E-state index is -0.600. The SMILES string of the molecule is Cc1cccc(C(=O)NC(C(=O)NC(C)c2ccncc2)C(C)C)c1. The van der Waals surface area contributed by atoms with E-state index >= 15 is 0 Å². The molecule has 2 atom stereocenters. The van der Waals surface area contributed by atoms with Gasteiger partial charge in [-0.15, -0.1) is 0 Å². The van der Waals surface area contributed by atoms with Gasteiger partial charge in [0.05, 0.1) is 6.04 Å². The Morgan fingerprint density at radius 3 is 2.28 bits per heavy atom. The molecule has 2 rings (SSSR count). The zero-order valence-electron chi connectivity index (χ0n) is 15.1. The van der Waals surface area contributed by atoms with Gasteiger partial charge in [-0.05, 0) is 49.6 Å². The number of benzene rings is 1. The van der Waals surface area contributed by atoms with Crippen molar-refractivity contribution in [3.05, 3.63) is 65.5 Å². The first-order chi connectivity index (χ1) is 11.9. The van der Waals surface area contributed by atoms with Crippen LogP contribution < -0.4 is 10.6 Å². The second-order valence-corrected chi connectivity index (χ2v) is 6.58. The average molecular weight is 339 g/mol. The fourth-order valence-electron chi connectivity index (χ4n) is 2.58. The first-order valence-corrected chi connectivity index (χ1v) is 8.46. The van der Waals surface area contributed by atoms with Gasteiger partial charge < -0.3 is 10.6 Å². The van der Waals surface area contributed by atoms with Gasteiger partial charge in [0.1, 0.15) is 6.04 Å². The molecule has 0 fully saturated rings. The summed E-state index contributed by atoms with van der Waals surface area (Å²) in [5, 5.41) is 5.82. The molecule has 2 N–H and O–H groups in total. The summed E-state index contributed by atoms with van der Waals surface area (Å²) >= 11 is 0. The summed E-state index contributed by atoms with van der Waals surface area (Å²) in [6.07, 6.45) is 3.38. The van der Waals surface area contributed by atoms with Crippen molar-refractivity contribution in [1.82, 2.24) is 15.6 Å². The molecule has 0 bridgehead atoms. The minimum Gasteiger partial charge on any atom is -0.348 e. The Labute approximate surface area is 148 Å². The second-order valence-electron chi connectivity index (χ2n) is 6.58. The minimum absolute atomic E-state index is 0.0293. The molecule has 25 heavy (non-hydrogen) atoms. The van der Waals surface area contributed by atoms with Gasteiger partial charge in [-0.1, -0.05) is 31.5 Å². The Hall–Kier alpha value is -2.69. The van der Waals surface area contributed by atoms with Crippen molar-refractivity contribution >= 4 is 11.8 Å². The molecule has 1 heterocycles. The maximum absolute atomic E-state index is 12.7. The van der Waals surface area contributed by atoms with Crippen molar-refractivity contribution in [2.75, 3.05) is 0 Å². The number of amides is 2. The summed E-state index contributed by atoms with van der Waals surface area (Å²) in [5.41, 5.74) is 2.53. The Morgan fingerprint density at radius 2 is 1.68 bits per heavy atom. The van der Waals surface area contributed by atoms with Crippen LogP contribution in [0.2, 0.25) is 0 Å². The number of nitrogens with zero attached hydrogens (tertiary/aromatic N) is 1.